The molecule has 2 aliphatic heterocycles. The van der Waals surface area contributed by atoms with E-state index in [4.69, 9.17) is 0 Å². The van der Waals surface area contributed by atoms with E-state index < -0.39 is 44.0 Å². The van der Waals surface area contributed by atoms with Crippen molar-refractivity contribution in [1.82, 2.24) is 5.43 Å². The molecule has 10 heteroatoms. The molecule has 2 rings (SSSR count). The van der Waals surface area contributed by atoms with E-state index in [9.17, 15) is 27.0 Å². The second-order valence-corrected chi connectivity index (χ2v) is 9.20. The molecule has 0 saturated carbocycles. The molecule has 0 aromatic heterocycles. The molecule has 0 spiro atoms. The van der Waals surface area contributed by atoms with Gasteiger partial charge in [-0.1, -0.05) is 0 Å². The van der Waals surface area contributed by atoms with Gasteiger partial charge >= 0.3 is 0 Å². The molecular weight excluding hydrogens is 284 g/mol. The summed E-state index contributed by atoms with van der Waals surface area (Å²) in [6, 6.07) is -1.20. The van der Waals surface area contributed by atoms with Crippen molar-refractivity contribution in [3.63, 3.8) is 0 Å². The number of nitrogens with two attached hydrogens (primary N) is 1. The molecule has 2 heterocycles. The lowest BCUT2D eigenvalue weighted by atomic mass is 10.2. The van der Waals surface area contributed by atoms with Crippen LogP contribution in [-0.4, -0.2) is 74.4 Å². The molecule has 0 amide bonds. The van der Waals surface area contributed by atoms with E-state index in [0.717, 1.165) is 0 Å². The van der Waals surface area contributed by atoms with Crippen LogP contribution in [0.2, 0.25) is 0 Å². The lowest BCUT2D eigenvalue weighted by Crippen LogP contribution is -3.02. The number of sulfone groups is 2. The molecule has 8 nitrogen and oxygen atoms in total. The van der Waals surface area contributed by atoms with Crippen LogP contribution in [0.3, 0.4) is 0 Å². The Balaban J connectivity index is 1.90. The summed E-state index contributed by atoms with van der Waals surface area (Å²) in [4.78, 5) is 0. The first-order valence-corrected chi connectivity index (χ1v) is 9.19. The number of aliphatic hydroxyl groups is 2. The summed E-state index contributed by atoms with van der Waals surface area (Å²) in [6.45, 7) is 0. The smallest absolute Gasteiger partial charge is 0.159 e. The minimum Gasteiger partial charge on any atom is -0.390 e. The number of quaternary nitrogens is 1. The van der Waals surface area contributed by atoms with Gasteiger partial charge in [-0.2, -0.15) is 5.43 Å². The average Bonchev–Trinajstić information content (AvgIpc) is 2.59. The topological polar surface area (TPSA) is 137 Å². The van der Waals surface area contributed by atoms with Crippen LogP contribution in [0.15, 0.2) is 0 Å². The van der Waals surface area contributed by atoms with Gasteiger partial charge in [-0.05, 0) is 0 Å². The number of aliphatic hydroxyl groups excluding tert-OH is 2. The monoisotopic (exact) mass is 301 g/mol. The lowest BCUT2D eigenvalue weighted by molar-refractivity contribution is -0.747. The van der Waals surface area contributed by atoms with Crippen molar-refractivity contribution < 1.29 is 32.5 Å². The third-order valence-electron chi connectivity index (χ3n) is 3.21. The molecule has 5 N–H and O–H groups in total. The molecule has 0 aromatic rings. The van der Waals surface area contributed by atoms with Crippen LogP contribution in [0, 0.1) is 0 Å². The fourth-order valence-electron chi connectivity index (χ4n) is 2.25. The Kier molecular flexibility index (Phi) is 3.69. The predicted octanol–water partition coefficient (Wildman–Crippen LogP) is -4.63. The first-order valence-electron chi connectivity index (χ1n) is 5.55. The Morgan fingerprint density at radius 3 is 1.89 bits per heavy atom. The van der Waals surface area contributed by atoms with Crippen molar-refractivity contribution in [1.29, 1.82) is 0 Å². The Hall–Kier alpha value is -0.260. The molecule has 106 valence electrons. The molecule has 0 aliphatic carbocycles. The standard InChI is InChI=1S/C8H16N2O6S2/c11-7-3-17(13,14)1-5(7)9-10-6-2-18(15,16)4-8(6)12/h5-12H,1-4H2/p+1. The zero-order valence-corrected chi connectivity index (χ0v) is 11.2. The van der Waals surface area contributed by atoms with Crippen molar-refractivity contribution in [3.8, 4) is 0 Å². The summed E-state index contributed by atoms with van der Waals surface area (Å²) >= 11 is 0. The van der Waals surface area contributed by atoms with Crippen LogP contribution in [-0.2, 0) is 19.7 Å². The summed E-state index contributed by atoms with van der Waals surface area (Å²) in [6.07, 6.45) is -1.97. The normalized spacial score (nSPS) is 42.1. The Labute approximate surface area is 105 Å². The summed E-state index contributed by atoms with van der Waals surface area (Å²) in [5.74, 6) is -0.900. The van der Waals surface area contributed by atoms with E-state index in [-0.39, 0.29) is 23.0 Å². The third kappa shape index (κ3) is 3.19. The average molecular weight is 301 g/mol. The predicted molar refractivity (Wildman–Crippen MR) is 62.0 cm³/mol. The highest BCUT2D eigenvalue weighted by atomic mass is 32.2. The number of nitrogens with one attached hydrogen (secondary N) is 1. The van der Waals surface area contributed by atoms with Gasteiger partial charge in [0, 0.05) is 0 Å². The van der Waals surface area contributed by atoms with Gasteiger partial charge in [0.15, 0.2) is 19.7 Å². The molecule has 0 bridgehead atoms. The zero-order valence-electron chi connectivity index (χ0n) is 9.56. The van der Waals surface area contributed by atoms with E-state index in [1.54, 1.807) is 0 Å². The molecule has 2 fully saturated rings. The van der Waals surface area contributed by atoms with Gasteiger partial charge in [0.2, 0.25) is 0 Å². The quantitative estimate of drug-likeness (QED) is 0.304. The summed E-state index contributed by atoms with van der Waals surface area (Å²) < 4.78 is 45.0. The maximum Gasteiger partial charge on any atom is 0.159 e. The van der Waals surface area contributed by atoms with E-state index in [2.05, 4.69) is 5.43 Å². The highest BCUT2D eigenvalue weighted by molar-refractivity contribution is 7.92. The minimum absolute atomic E-state index is 0.156. The van der Waals surface area contributed by atoms with E-state index >= 15 is 0 Å². The van der Waals surface area contributed by atoms with E-state index in [0.29, 0.717) is 0 Å². The summed E-state index contributed by atoms with van der Waals surface area (Å²) in [5, 5.41) is 19.1. The van der Waals surface area contributed by atoms with Crippen LogP contribution in [0.4, 0.5) is 0 Å². The van der Waals surface area contributed by atoms with Crippen molar-refractivity contribution in [2.75, 3.05) is 23.0 Å². The zero-order chi connectivity index (χ0) is 13.6. The Bertz CT molecular complexity index is 468. The summed E-state index contributed by atoms with van der Waals surface area (Å²) in [5.41, 5.74) is 4.11. The van der Waals surface area contributed by atoms with Crippen LogP contribution in [0.5, 0.6) is 0 Å². The van der Waals surface area contributed by atoms with Crippen molar-refractivity contribution in [2.24, 2.45) is 0 Å². The van der Waals surface area contributed by atoms with Crippen LogP contribution >= 0.6 is 0 Å². The maximum absolute atomic E-state index is 11.3. The molecule has 2 saturated heterocycles. The van der Waals surface area contributed by atoms with Gasteiger partial charge in [-0.25, -0.2) is 16.8 Å². The third-order valence-corrected chi connectivity index (χ3v) is 6.67. The Morgan fingerprint density at radius 2 is 1.44 bits per heavy atom. The van der Waals surface area contributed by atoms with Gasteiger partial charge in [0.25, 0.3) is 0 Å². The first kappa shape index (κ1) is 14.2. The second kappa shape index (κ2) is 4.69. The van der Waals surface area contributed by atoms with E-state index in [1.165, 1.54) is 5.43 Å². The summed E-state index contributed by atoms with van der Waals surface area (Å²) in [7, 11) is -6.47. The molecule has 4 unspecified atom stereocenters. The largest absolute Gasteiger partial charge is 0.390 e. The second-order valence-electron chi connectivity index (χ2n) is 4.89. The fourth-order valence-corrected chi connectivity index (χ4v) is 5.81. The van der Waals surface area contributed by atoms with Crippen LogP contribution in [0.25, 0.3) is 0 Å². The first-order chi connectivity index (χ1) is 8.19. The molecule has 0 radical (unpaired) electrons. The molecule has 0 aromatic carbocycles. The lowest BCUT2D eigenvalue weighted by Gasteiger charge is -2.17. The van der Waals surface area contributed by atoms with Crippen molar-refractivity contribution >= 4 is 19.7 Å². The number of rotatable bonds is 3. The van der Waals surface area contributed by atoms with Crippen LogP contribution in [0.1, 0.15) is 0 Å². The van der Waals surface area contributed by atoms with Gasteiger partial charge in [-0.15, -0.1) is 0 Å². The van der Waals surface area contributed by atoms with Crippen LogP contribution < -0.4 is 10.9 Å². The highest BCUT2D eigenvalue weighted by Crippen LogP contribution is 2.12. The highest BCUT2D eigenvalue weighted by Gasteiger charge is 2.42. The van der Waals surface area contributed by atoms with Crippen molar-refractivity contribution in [3.05, 3.63) is 0 Å². The maximum atomic E-state index is 11.3. The molecule has 2 aliphatic rings. The number of hydrogen-bond donors (Lipinski definition) is 4. The van der Waals surface area contributed by atoms with Gasteiger partial charge < -0.3 is 10.2 Å². The fraction of sp³-hybridized carbons (Fsp3) is 1.00. The Morgan fingerprint density at radius 1 is 0.889 bits per heavy atom. The molecule has 4 atom stereocenters. The molecule has 18 heavy (non-hydrogen) atoms. The SMILES string of the molecule is O=S1(=O)CC(O)C(N[NH2+]C2CS(=O)(=O)CC2O)C1. The van der Waals surface area contributed by atoms with Gasteiger partial charge in [-0.3, -0.25) is 5.43 Å². The van der Waals surface area contributed by atoms with Gasteiger partial charge in [0.05, 0.1) is 29.4 Å². The van der Waals surface area contributed by atoms with Gasteiger partial charge in [0.1, 0.15) is 17.9 Å². The van der Waals surface area contributed by atoms with Crippen molar-refractivity contribution in [2.45, 2.75) is 24.3 Å². The van der Waals surface area contributed by atoms with E-state index in [1.807, 2.05) is 0 Å². The molecular formula is C8H17N2O6S2+. The number of hydrogen-bond acceptors (Lipinski definition) is 7. The minimum atomic E-state index is -3.24.